The van der Waals surface area contributed by atoms with Gasteiger partial charge in [-0.05, 0) is 51.3 Å². The molecule has 2 saturated heterocycles. The van der Waals surface area contributed by atoms with Crippen molar-refractivity contribution in [2.24, 2.45) is 13.0 Å². The van der Waals surface area contributed by atoms with Crippen molar-refractivity contribution in [2.45, 2.75) is 39.5 Å². The van der Waals surface area contributed by atoms with Gasteiger partial charge in [0.1, 0.15) is 0 Å². The van der Waals surface area contributed by atoms with E-state index in [1.807, 2.05) is 23.8 Å². The fourth-order valence-corrected chi connectivity index (χ4v) is 5.16. The minimum atomic E-state index is 0.0478. The van der Waals surface area contributed by atoms with Crippen LogP contribution in [-0.4, -0.2) is 94.7 Å². The number of methoxy groups -OCH3 is 1. The number of piperazine rings is 1. The van der Waals surface area contributed by atoms with E-state index in [0.29, 0.717) is 31.8 Å². The maximum Gasteiger partial charge on any atom is 0.242 e. The second-order valence-electron chi connectivity index (χ2n) is 9.42. The fourth-order valence-electron chi connectivity index (χ4n) is 5.16. The molecule has 0 N–H and O–H groups in total. The second kappa shape index (κ2) is 9.67. The molecule has 0 bridgehead atoms. The van der Waals surface area contributed by atoms with Gasteiger partial charge in [0.25, 0.3) is 0 Å². The zero-order chi connectivity index (χ0) is 23.7. The number of fused-ring (bicyclic) bond motifs is 1. The summed E-state index contributed by atoms with van der Waals surface area (Å²) in [4.78, 5) is 36.7. The lowest BCUT2D eigenvalue weighted by atomic mass is 9.94. The molecule has 2 aromatic heterocycles. The predicted molar refractivity (Wildman–Crippen MR) is 126 cm³/mol. The molecule has 9 nitrogen and oxygen atoms in total. The molecule has 0 spiro atoms. The van der Waals surface area contributed by atoms with Crippen LogP contribution in [0.15, 0.2) is 0 Å². The number of aromatic nitrogens is 3. The topological polar surface area (TPSA) is 83.8 Å². The zero-order valence-electron chi connectivity index (χ0n) is 20.6. The van der Waals surface area contributed by atoms with Crippen molar-refractivity contribution in [3.63, 3.8) is 0 Å². The molecule has 2 fully saturated rings. The number of likely N-dealkylation sites (N-methyl/N-ethyl adjacent to an activating group) is 1. The summed E-state index contributed by atoms with van der Waals surface area (Å²) >= 11 is 0. The van der Waals surface area contributed by atoms with Crippen molar-refractivity contribution in [3.8, 4) is 5.88 Å². The molecule has 2 aliphatic rings. The fraction of sp³-hybridized carbons (Fsp3) is 0.667. The van der Waals surface area contributed by atoms with E-state index in [1.54, 1.807) is 11.8 Å². The maximum absolute atomic E-state index is 13.0. The first-order valence-electron chi connectivity index (χ1n) is 11.9. The Morgan fingerprint density at radius 3 is 2.30 bits per heavy atom. The molecule has 0 unspecified atom stereocenters. The Labute approximate surface area is 195 Å². The van der Waals surface area contributed by atoms with Crippen molar-refractivity contribution in [1.29, 1.82) is 0 Å². The van der Waals surface area contributed by atoms with Crippen LogP contribution in [0.4, 0.5) is 0 Å². The van der Waals surface area contributed by atoms with Crippen LogP contribution in [0.2, 0.25) is 0 Å². The van der Waals surface area contributed by atoms with Crippen LogP contribution in [-0.2, 0) is 23.1 Å². The first-order valence-corrected chi connectivity index (χ1v) is 11.9. The summed E-state index contributed by atoms with van der Waals surface area (Å²) in [5, 5.41) is 5.32. The summed E-state index contributed by atoms with van der Waals surface area (Å²) < 4.78 is 7.18. The SMILES string of the molecule is COc1nn(C)c2nc(C)c(CCC(=O)N3CCC(C(=O)N4CCN(C)CC4)CC3)c(C)c12. The van der Waals surface area contributed by atoms with Crippen molar-refractivity contribution < 1.29 is 14.3 Å². The standard InChI is InChI=1S/C24H36N6O3/c1-16-19(17(2)25-22-21(16)23(33-5)26-28(22)4)6-7-20(31)29-10-8-18(9-11-29)24(32)30-14-12-27(3)13-15-30/h18H,6-15H2,1-5H3. The Morgan fingerprint density at radius 2 is 1.67 bits per heavy atom. The molecule has 0 aliphatic carbocycles. The third-order valence-electron chi connectivity index (χ3n) is 7.32. The van der Waals surface area contributed by atoms with Gasteiger partial charge in [-0.1, -0.05) is 0 Å². The molecule has 2 amide bonds. The molecule has 4 rings (SSSR count). The molecule has 4 heterocycles. The largest absolute Gasteiger partial charge is 0.479 e. The number of amides is 2. The van der Waals surface area contributed by atoms with Crippen LogP contribution in [0, 0.1) is 19.8 Å². The summed E-state index contributed by atoms with van der Waals surface area (Å²) in [6, 6.07) is 0. The molecular formula is C24H36N6O3. The van der Waals surface area contributed by atoms with Crippen molar-refractivity contribution in [2.75, 3.05) is 53.4 Å². The molecule has 2 aliphatic heterocycles. The number of likely N-dealkylation sites (tertiary alicyclic amines) is 1. The Kier molecular flexibility index (Phi) is 6.88. The summed E-state index contributed by atoms with van der Waals surface area (Å²) in [6.07, 6.45) is 2.59. The van der Waals surface area contributed by atoms with Gasteiger partial charge in [0.2, 0.25) is 17.7 Å². The number of carbonyl (C=O) groups is 2. The van der Waals surface area contributed by atoms with E-state index in [9.17, 15) is 9.59 Å². The third-order valence-corrected chi connectivity index (χ3v) is 7.32. The molecular weight excluding hydrogens is 420 g/mol. The highest BCUT2D eigenvalue weighted by Crippen LogP contribution is 2.30. The Hall–Kier alpha value is -2.68. The van der Waals surface area contributed by atoms with E-state index >= 15 is 0 Å². The van der Waals surface area contributed by atoms with Crippen molar-refractivity contribution in [3.05, 3.63) is 16.8 Å². The summed E-state index contributed by atoms with van der Waals surface area (Å²) in [5.41, 5.74) is 3.88. The van der Waals surface area contributed by atoms with E-state index in [4.69, 9.17) is 9.72 Å². The predicted octanol–water partition coefficient (Wildman–Crippen LogP) is 1.54. The zero-order valence-corrected chi connectivity index (χ0v) is 20.6. The summed E-state index contributed by atoms with van der Waals surface area (Å²) in [7, 11) is 5.57. The number of nitrogens with zero attached hydrogens (tertiary/aromatic N) is 6. The Bertz CT molecular complexity index is 1030. The van der Waals surface area contributed by atoms with Crippen LogP contribution in [0.1, 0.15) is 36.1 Å². The average molecular weight is 457 g/mol. The van der Waals surface area contributed by atoms with E-state index < -0.39 is 0 Å². The number of piperidine rings is 1. The number of rotatable bonds is 5. The van der Waals surface area contributed by atoms with E-state index in [-0.39, 0.29) is 17.7 Å². The number of aryl methyl sites for hydroxylation is 3. The van der Waals surface area contributed by atoms with Gasteiger partial charge in [0.05, 0.1) is 12.5 Å². The number of carbonyl (C=O) groups excluding carboxylic acids is 2. The number of hydrogen-bond acceptors (Lipinski definition) is 6. The van der Waals surface area contributed by atoms with Crippen molar-refractivity contribution in [1.82, 2.24) is 29.5 Å². The molecule has 0 radical (unpaired) electrons. The highest BCUT2D eigenvalue weighted by Gasteiger charge is 2.31. The van der Waals surface area contributed by atoms with Gasteiger partial charge in [0, 0.05) is 64.3 Å². The molecule has 0 aromatic carbocycles. The molecule has 33 heavy (non-hydrogen) atoms. The Balaban J connectivity index is 1.34. The number of hydrogen-bond donors (Lipinski definition) is 0. The molecule has 2 aromatic rings. The molecule has 0 atom stereocenters. The highest BCUT2D eigenvalue weighted by atomic mass is 16.5. The van der Waals surface area contributed by atoms with Gasteiger partial charge in [-0.2, -0.15) is 0 Å². The number of ether oxygens (including phenoxy) is 1. The lowest BCUT2D eigenvalue weighted by Gasteiger charge is -2.37. The van der Waals surface area contributed by atoms with Gasteiger partial charge in [0.15, 0.2) is 5.65 Å². The first kappa shape index (κ1) is 23.5. The van der Waals surface area contributed by atoms with Gasteiger partial charge in [-0.3, -0.25) is 9.59 Å². The Morgan fingerprint density at radius 1 is 1.00 bits per heavy atom. The van der Waals surface area contributed by atoms with Gasteiger partial charge in [-0.15, -0.1) is 5.10 Å². The van der Waals surface area contributed by atoms with E-state index in [0.717, 1.165) is 66.9 Å². The lowest BCUT2D eigenvalue weighted by Crippen LogP contribution is -2.51. The number of pyridine rings is 1. The average Bonchev–Trinajstić information content (AvgIpc) is 3.14. The van der Waals surface area contributed by atoms with Crippen LogP contribution in [0.25, 0.3) is 11.0 Å². The quantitative estimate of drug-likeness (QED) is 0.679. The van der Waals surface area contributed by atoms with E-state index in [1.165, 1.54) is 0 Å². The lowest BCUT2D eigenvalue weighted by molar-refractivity contribution is -0.141. The molecule has 0 saturated carbocycles. The third kappa shape index (κ3) is 4.69. The minimum absolute atomic E-state index is 0.0478. The first-order chi connectivity index (χ1) is 15.8. The normalized spacial score (nSPS) is 18.2. The maximum atomic E-state index is 13.0. The molecule has 9 heteroatoms. The van der Waals surface area contributed by atoms with Gasteiger partial charge < -0.3 is 19.4 Å². The smallest absolute Gasteiger partial charge is 0.242 e. The van der Waals surface area contributed by atoms with Gasteiger partial charge >= 0.3 is 0 Å². The summed E-state index contributed by atoms with van der Waals surface area (Å²) in [5.74, 6) is 1.03. The summed E-state index contributed by atoms with van der Waals surface area (Å²) in [6.45, 7) is 8.86. The van der Waals surface area contributed by atoms with Crippen molar-refractivity contribution >= 4 is 22.8 Å². The van der Waals surface area contributed by atoms with Gasteiger partial charge in [-0.25, -0.2) is 9.67 Å². The van der Waals surface area contributed by atoms with E-state index in [2.05, 4.69) is 24.0 Å². The second-order valence-corrected chi connectivity index (χ2v) is 9.42. The monoisotopic (exact) mass is 456 g/mol. The van der Waals surface area contributed by atoms with Crippen LogP contribution < -0.4 is 4.74 Å². The van der Waals surface area contributed by atoms with Crippen LogP contribution in [0.3, 0.4) is 0 Å². The van der Waals surface area contributed by atoms with Crippen LogP contribution in [0.5, 0.6) is 5.88 Å². The van der Waals surface area contributed by atoms with Crippen LogP contribution >= 0.6 is 0 Å². The highest BCUT2D eigenvalue weighted by molar-refractivity contribution is 5.86. The minimum Gasteiger partial charge on any atom is -0.479 e. The molecule has 180 valence electrons.